The molecule has 30 heavy (non-hydrogen) atoms. The summed E-state index contributed by atoms with van der Waals surface area (Å²) in [6.45, 7) is 7.28. The Kier molecular flexibility index (Phi) is 6.42. The van der Waals surface area contributed by atoms with E-state index in [0.717, 1.165) is 39.7 Å². The molecule has 2 aromatic carbocycles. The molecule has 3 aromatic rings. The van der Waals surface area contributed by atoms with Gasteiger partial charge in [-0.3, -0.25) is 4.99 Å². The van der Waals surface area contributed by atoms with Crippen molar-refractivity contribution in [2.75, 3.05) is 11.6 Å². The molecular weight excluding hydrogens is 396 g/mol. The topological polar surface area (TPSA) is 84.3 Å². The van der Waals surface area contributed by atoms with Crippen molar-refractivity contribution in [3.05, 3.63) is 83.2 Å². The molecule has 154 valence electrons. The number of hydrogen-bond donors (Lipinski definition) is 1. The third-order valence-electron chi connectivity index (χ3n) is 4.75. The van der Waals surface area contributed by atoms with Crippen molar-refractivity contribution in [3.63, 3.8) is 0 Å². The summed E-state index contributed by atoms with van der Waals surface area (Å²) < 4.78 is 24.0. The molecule has 6 nitrogen and oxygen atoms in total. The van der Waals surface area contributed by atoms with Crippen LogP contribution >= 0.6 is 0 Å². The standard InChI is InChI=1S/C23H24N4O2S/c1-16(12-20(14-24-3)30(4,28)29)19-10-11-22-21(13-19)23(26-15-25-22)27-17(2)18-8-6-5-7-9-18/h5-15,17H,3H2,1-2,4H3,(H,25,26,27)/b16-12+,20-14+. The number of rotatable bonds is 7. The second kappa shape index (κ2) is 9.00. The number of benzene rings is 2. The molecule has 0 aliphatic carbocycles. The van der Waals surface area contributed by atoms with Gasteiger partial charge in [0.15, 0.2) is 9.84 Å². The van der Waals surface area contributed by atoms with Crippen LogP contribution in [0.2, 0.25) is 0 Å². The van der Waals surface area contributed by atoms with Crippen molar-refractivity contribution < 1.29 is 8.42 Å². The Bertz CT molecular complexity index is 1230. The van der Waals surface area contributed by atoms with Crippen molar-refractivity contribution in [1.29, 1.82) is 0 Å². The minimum atomic E-state index is -3.41. The van der Waals surface area contributed by atoms with E-state index < -0.39 is 9.84 Å². The van der Waals surface area contributed by atoms with E-state index in [0.29, 0.717) is 0 Å². The predicted octanol–water partition coefficient (Wildman–Crippen LogP) is 4.79. The quantitative estimate of drug-likeness (QED) is 0.439. The Morgan fingerprint density at radius 1 is 1.17 bits per heavy atom. The highest BCUT2D eigenvalue weighted by Crippen LogP contribution is 2.28. The Morgan fingerprint density at radius 3 is 2.57 bits per heavy atom. The average molecular weight is 421 g/mol. The molecule has 0 saturated carbocycles. The summed E-state index contributed by atoms with van der Waals surface area (Å²) in [7, 11) is -3.41. The minimum absolute atomic E-state index is 0.0584. The van der Waals surface area contributed by atoms with E-state index in [9.17, 15) is 8.42 Å². The van der Waals surface area contributed by atoms with Crippen LogP contribution in [0.1, 0.15) is 31.0 Å². The molecular formula is C23H24N4O2S. The van der Waals surface area contributed by atoms with E-state index in [1.165, 1.54) is 12.5 Å². The minimum Gasteiger partial charge on any atom is -0.363 e. The average Bonchev–Trinajstić information content (AvgIpc) is 2.73. The Morgan fingerprint density at radius 2 is 1.90 bits per heavy atom. The van der Waals surface area contributed by atoms with Crippen molar-refractivity contribution in [3.8, 4) is 0 Å². The first-order chi connectivity index (χ1) is 14.3. The maximum Gasteiger partial charge on any atom is 0.177 e. The molecule has 7 heteroatoms. The maximum absolute atomic E-state index is 12.0. The van der Waals surface area contributed by atoms with Gasteiger partial charge in [0.2, 0.25) is 0 Å². The van der Waals surface area contributed by atoms with Crippen LogP contribution in [0, 0.1) is 0 Å². The predicted molar refractivity (Wildman–Crippen MR) is 124 cm³/mol. The van der Waals surface area contributed by atoms with Crippen LogP contribution in [0.15, 0.2) is 77.0 Å². The number of anilines is 1. The SMILES string of the molecule is C=N/C=C(\C=C(/C)c1ccc2ncnc(NC(C)c3ccccc3)c2c1)S(C)(=O)=O. The second-order valence-electron chi connectivity index (χ2n) is 7.04. The summed E-state index contributed by atoms with van der Waals surface area (Å²) >= 11 is 0. The summed E-state index contributed by atoms with van der Waals surface area (Å²) in [6.07, 6.45) is 5.52. The summed E-state index contributed by atoms with van der Waals surface area (Å²) in [4.78, 5) is 12.5. The van der Waals surface area contributed by atoms with E-state index in [-0.39, 0.29) is 10.9 Å². The van der Waals surface area contributed by atoms with Gasteiger partial charge in [-0.15, -0.1) is 0 Å². The van der Waals surface area contributed by atoms with Gasteiger partial charge in [-0.2, -0.15) is 0 Å². The molecule has 1 unspecified atom stereocenters. The Balaban J connectivity index is 2.01. The molecule has 0 aliphatic rings. The van der Waals surface area contributed by atoms with Crippen LogP contribution in [0.4, 0.5) is 5.82 Å². The van der Waals surface area contributed by atoms with Crippen molar-refractivity contribution in [2.45, 2.75) is 19.9 Å². The van der Waals surface area contributed by atoms with Gasteiger partial charge < -0.3 is 5.32 Å². The zero-order valence-corrected chi connectivity index (χ0v) is 18.0. The van der Waals surface area contributed by atoms with Crippen LogP contribution < -0.4 is 5.32 Å². The number of fused-ring (bicyclic) bond motifs is 1. The van der Waals surface area contributed by atoms with Crippen LogP contribution in [0.3, 0.4) is 0 Å². The number of allylic oxidation sites excluding steroid dienone is 2. The fourth-order valence-corrected chi connectivity index (χ4v) is 3.73. The van der Waals surface area contributed by atoms with Gasteiger partial charge >= 0.3 is 0 Å². The van der Waals surface area contributed by atoms with Crippen molar-refractivity contribution >= 4 is 38.8 Å². The van der Waals surface area contributed by atoms with Gasteiger partial charge in [0.1, 0.15) is 12.1 Å². The summed E-state index contributed by atoms with van der Waals surface area (Å²) in [6, 6.07) is 15.9. The lowest BCUT2D eigenvalue weighted by Gasteiger charge is -2.16. The van der Waals surface area contributed by atoms with Gasteiger partial charge in [0, 0.05) is 23.9 Å². The van der Waals surface area contributed by atoms with Gasteiger partial charge in [0.05, 0.1) is 10.4 Å². The smallest absolute Gasteiger partial charge is 0.177 e. The zero-order valence-electron chi connectivity index (χ0n) is 17.2. The number of aliphatic imine (C=N–C) groups is 1. The summed E-state index contributed by atoms with van der Waals surface area (Å²) in [5.74, 6) is 0.720. The van der Waals surface area contributed by atoms with Gasteiger partial charge in [-0.1, -0.05) is 36.4 Å². The van der Waals surface area contributed by atoms with Gasteiger partial charge in [0.25, 0.3) is 0 Å². The molecule has 0 bridgehead atoms. The summed E-state index contributed by atoms with van der Waals surface area (Å²) in [5.41, 5.74) is 3.60. The number of hydrogen-bond acceptors (Lipinski definition) is 6. The van der Waals surface area contributed by atoms with Crippen LogP contribution in [0.25, 0.3) is 16.5 Å². The van der Waals surface area contributed by atoms with E-state index >= 15 is 0 Å². The highest BCUT2D eigenvalue weighted by molar-refractivity contribution is 7.94. The summed E-state index contributed by atoms with van der Waals surface area (Å²) in [5, 5.41) is 4.31. The lowest BCUT2D eigenvalue weighted by molar-refractivity contribution is 0.608. The second-order valence-corrected chi connectivity index (χ2v) is 9.06. The number of nitrogens with zero attached hydrogens (tertiary/aromatic N) is 3. The Labute approximate surface area is 177 Å². The monoisotopic (exact) mass is 420 g/mol. The van der Waals surface area contributed by atoms with E-state index in [1.807, 2.05) is 43.3 Å². The molecule has 3 rings (SSSR count). The molecule has 0 radical (unpaired) electrons. The lowest BCUT2D eigenvalue weighted by Crippen LogP contribution is -2.08. The van der Waals surface area contributed by atoms with Crippen molar-refractivity contribution in [2.24, 2.45) is 4.99 Å². The normalized spacial score (nSPS) is 13.8. The van der Waals surface area contributed by atoms with Crippen LogP contribution in [-0.2, 0) is 9.84 Å². The van der Waals surface area contributed by atoms with Crippen LogP contribution in [0.5, 0.6) is 0 Å². The highest BCUT2D eigenvalue weighted by Gasteiger charge is 2.12. The van der Waals surface area contributed by atoms with E-state index in [4.69, 9.17) is 0 Å². The molecule has 1 N–H and O–H groups in total. The molecule has 0 amide bonds. The van der Waals surface area contributed by atoms with Gasteiger partial charge in [-0.05, 0) is 55.5 Å². The first kappa shape index (κ1) is 21.4. The van der Waals surface area contributed by atoms with E-state index in [2.05, 4.69) is 46.1 Å². The fraction of sp³-hybridized carbons (Fsp3) is 0.174. The highest BCUT2D eigenvalue weighted by atomic mass is 32.2. The third kappa shape index (κ3) is 4.99. The molecule has 0 fully saturated rings. The largest absolute Gasteiger partial charge is 0.363 e. The first-order valence-corrected chi connectivity index (χ1v) is 11.3. The molecule has 0 aliphatic heterocycles. The Hall–Kier alpha value is -3.32. The number of sulfone groups is 1. The molecule has 1 heterocycles. The van der Waals surface area contributed by atoms with Crippen molar-refractivity contribution in [1.82, 2.24) is 9.97 Å². The maximum atomic E-state index is 12.0. The van der Waals surface area contributed by atoms with E-state index in [1.54, 1.807) is 6.08 Å². The zero-order chi connectivity index (χ0) is 21.7. The number of aromatic nitrogens is 2. The fourth-order valence-electron chi connectivity index (χ4n) is 3.07. The van der Waals surface area contributed by atoms with Gasteiger partial charge in [-0.25, -0.2) is 18.4 Å². The molecule has 1 atom stereocenters. The number of nitrogens with one attached hydrogen (secondary N) is 1. The molecule has 0 saturated heterocycles. The van der Waals surface area contributed by atoms with Crippen LogP contribution in [-0.4, -0.2) is 31.4 Å². The lowest BCUT2D eigenvalue weighted by atomic mass is 10.0. The molecule has 0 spiro atoms. The molecule has 1 aromatic heterocycles. The third-order valence-corrected chi connectivity index (χ3v) is 5.83. The first-order valence-electron chi connectivity index (χ1n) is 9.40.